The van der Waals surface area contributed by atoms with Crippen molar-refractivity contribution >= 4 is 11.8 Å². The highest BCUT2D eigenvalue weighted by atomic mass is 16.7. The highest BCUT2D eigenvalue weighted by molar-refractivity contribution is 5.96. The van der Waals surface area contributed by atoms with Crippen molar-refractivity contribution in [2.75, 3.05) is 55.0 Å². The number of likely N-dealkylation sites (N-methyl/N-ethyl adjacent to an activating group) is 1. The van der Waals surface area contributed by atoms with Gasteiger partial charge in [-0.25, -0.2) is 0 Å². The molecule has 11 nitrogen and oxygen atoms in total. The van der Waals surface area contributed by atoms with Crippen LogP contribution in [0.15, 0.2) is 97.1 Å². The average molecular weight is 916 g/mol. The van der Waals surface area contributed by atoms with E-state index in [1.807, 2.05) is 62.6 Å². The van der Waals surface area contributed by atoms with Crippen LogP contribution in [0.3, 0.4) is 0 Å². The van der Waals surface area contributed by atoms with E-state index in [9.17, 15) is 19.8 Å². The molecule has 3 aliphatic carbocycles. The molecule has 0 spiro atoms. The summed E-state index contributed by atoms with van der Waals surface area (Å²) in [4.78, 5) is 39.8. The van der Waals surface area contributed by atoms with Gasteiger partial charge in [0.15, 0.2) is 0 Å². The van der Waals surface area contributed by atoms with Crippen LogP contribution in [0.4, 0.5) is 0 Å². The summed E-state index contributed by atoms with van der Waals surface area (Å²) in [6, 6.07) is 32.1. The summed E-state index contributed by atoms with van der Waals surface area (Å²) >= 11 is 0. The Labute approximate surface area is 400 Å². The number of aliphatic hydroxyl groups is 2. The van der Waals surface area contributed by atoms with Gasteiger partial charge in [-0.3, -0.25) is 14.4 Å². The molecule has 67 heavy (non-hydrogen) atoms. The van der Waals surface area contributed by atoms with Gasteiger partial charge in [0.1, 0.15) is 17.9 Å². The molecule has 11 heteroatoms. The normalized spacial score (nSPS) is 24.8. The Hall–Kier alpha value is -4.62. The lowest BCUT2D eigenvalue weighted by Gasteiger charge is -2.62. The topological polar surface area (TPSA) is 127 Å². The van der Waals surface area contributed by atoms with E-state index >= 15 is 0 Å². The summed E-state index contributed by atoms with van der Waals surface area (Å²) in [5, 5.41) is 30.1. The highest BCUT2D eigenvalue weighted by Gasteiger charge is 2.57. The number of aryl methyl sites for hydroxylation is 1. The Balaban J connectivity index is 1.20. The summed E-state index contributed by atoms with van der Waals surface area (Å²) in [6.45, 7) is 10.0. The second-order valence-electron chi connectivity index (χ2n) is 21.1. The van der Waals surface area contributed by atoms with E-state index in [1.54, 1.807) is 19.1 Å². The van der Waals surface area contributed by atoms with Crippen molar-refractivity contribution in [2.45, 2.75) is 103 Å². The number of carbonyl (C=O) groups excluding carboxylic acids is 2. The Morgan fingerprint density at radius 2 is 1.55 bits per heavy atom. The van der Waals surface area contributed by atoms with Crippen molar-refractivity contribution in [3.05, 3.63) is 125 Å². The van der Waals surface area contributed by atoms with Crippen molar-refractivity contribution in [1.82, 2.24) is 25.5 Å². The SMILES string of the molecule is COc1c(CN2O[C@@H](CO)[C@@H]([C@H](C)O)[C@H]2C(=O)N[C@H]2C[C@H]3C[C@@H]([C@@H]2C)C3(C)C)cccc1-c1cc(CC[C@@H](Cc2ccccc2)CN(C)C)cc(C(=O)N[C@@H](Cc2ccccc2)CN(C)C)c1. The first-order valence-corrected chi connectivity index (χ1v) is 24.6. The molecule has 1 heterocycles. The quantitative estimate of drug-likeness (QED) is 0.0683. The molecule has 362 valence electrons. The lowest BCUT2D eigenvalue weighted by molar-refractivity contribution is -0.183. The smallest absolute Gasteiger partial charge is 0.251 e. The van der Waals surface area contributed by atoms with Crippen LogP contribution in [-0.2, 0) is 35.4 Å². The minimum atomic E-state index is -0.912. The molecule has 10 atom stereocenters. The molecule has 4 fully saturated rings. The van der Waals surface area contributed by atoms with Crippen LogP contribution in [0.1, 0.15) is 79.6 Å². The summed E-state index contributed by atoms with van der Waals surface area (Å²) < 4.78 is 6.27. The zero-order valence-electron chi connectivity index (χ0n) is 41.5. The first-order chi connectivity index (χ1) is 32.1. The molecule has 1 aliphatic heterocycles. The van der Waals surface area contributed by atoms with Gasteiger partial charge in [0, 0.05) is 47.8 Å². The lowest BCUT2D eigenvalue weighted by Crippen LogP contribution is -2.62. The number of hydrogen-bond acceptors (Lipinski definition) is 9. The summed E-state index contributed by atoms with van der Waals surface area (Å²) in [5.41, 5.74) is 6.80. The number of amides is 2. The van der Waals surface area contributed by atoms with Crippen LogP contribution in [0, 0.1) is 35.0 Å². The van der Waals surface area contributed by atoms with Gasteiger partial charge in [-0.2, -0.15) is 5.06 Å². The van der Waals surface area contributed by atoms with E-state index in [-0.39, 0.29) is 42.5 Å². The first kappa shape index (κ1) is 50.3. The maximum Gasteiger partial charge on any atom is 0.251 e. The van der Waals surface area contributed by atoms with E-state index in [0.717, 1.165) is 60.0 Å². The number of nitrogens with one attached hydrogen (secondary N) is 2. The Kier molecular flexibility index (Phi) is 16.7. The molecule has 4 N–H and O–H groups in total. The predicted octanol–water partition coefficient (Wildman–Crippen LogP) is 7.28. The maximum absolute atomic E-state index is 14.5. The number of aliphatic hydroxyl groups excluding tert-OH is 2. The fourth-order valence-electron chi connectivity index (χ4n) is 11.8. The summed E-state index contributed by atoms with van der Waals surface area (Å²) in [6.07, 6.45) is 3.79. The second kappa shape index (κ2) is 22.2. The van der Waals surface area contributed by atoms with Crippen molar-refractivity contribution in [2.24, 2.45) is 35.0 Å². The number of carbonyl (C=O) groups is 2. The lowest BCUT2D eigenvalue weighted by atomic mass is 9.45. The van der Waals surface area contributed by atoms with Gasteiger partial charge in [0.05, 0.1) is 26.4 Å². The van der Waals surface area contributed by atoms with Gasteiger partial charge in [0.25, 0.3) is 5.91 Å². The minimum Gasteiger partial charge on any atom is -0.496 e. The molecule has 4 aromatic carbocycles. The standard InChI is InChI=1S/C56H77N5O6/c1-36-48-30-45(56(48,3)4)31-49(36)58-55(65)52-51(37(2)63)50(35-62)67-61(52)33-42-21-16-22-47(53(42)66-9)43-26-40(23-24-41(32-59(5)6)25-38-17-12-10-13-18-38)27-44(29-43)54(64)57-46(34-60(7)8)28-39-19-14-11-15-20-39/h10-22,26-27,29,36-37,41,45-46,48-52,62-63H,23-25,28,30-35H2,1-9H3,(H,57,64)(H,58,65)/t36-,37-,41-,45+,46-,48-,49-,50-,51+,52-/m0/s1. The zero-order chi connectivity index (χ0) is 48.0. The number of rotatable bonds is 21. The van der Waals surface area contributed by atoms with Gasteiger partial charge < -0.3 is 35.4 Å². The van der Waals surface area contributed by atoms with E-state index in [0.29, 0.717) is 48.0 Å². The average Bonchev–Trinajstić information content (AvgIpc) is 3.67. The van der Waals surface area contributed by atoms with E-state index in [4.69, 9.17) is 9.57 Å². The van der Waals surface area contributed by atoms with Crippen molar-refractivity contribution in [1.29, 1.82) is 0 Å². The van der Waals surface area contributed by atoms with Crippen LogP contribution < -0.4 is 15.4 Å². The molecule has 2 amide bonds. The number of methoxy groups -OCH3 is 1. The van der Waals surface area contributed by atoms with Crippen LogP contribution in [0.5, 0.6) is 5.75 Å². The van der Waals surface area contributed by atoms with Gasteiger partial charge in [-0.1, -0.05) is 106 Å². The largest absolute Gasteiger partial charge is 0.496 e. The third-order valence-corrected chi connectivity index (χ3v) is 15.3. The number of hydroxylamine groups is 2. The highest BCUT2D eigenvalue weighted by Crippen LogP contribution is 2.61. The third-order valence-electron chi connectivity index (χ3n) is 15.3. The number of ether oxygens (including phenoxy) is 1. The minimum absolute atomic E-state index is 0.0264. The van der Waals surface area contributed by atoms with Gasteiger partial charge in [-0.15, -0.1) is 0 Å². The van der Waals surface area contributed by atoms with E-state index in [2.05, 4.69) is 104 Å². The molecule has 4 aliphatic rings. The number of benzene rings is 4. The summed E-state index contributed by atoms with van der Waals surface area (Å²) in [5.74, 6) is 1.43. The van der Waals surface area contributed by atoms with Crippen LogP contribution >= 0.6 is 0 Å². The first-order valence-electron chi connectivity index (χ1n) is 24.6. The zero-order valence-corrected chi connectivity index (χ0v) is 41.5. The van der Waals surface area contributed by atoms with Gasteiger partial charge in [-0.05, 0) is 137 Å². The van der Waals surface area contributed by atoms with E-state index < -0.39 is 24.2 Å². The number of hydrogen-bond donors (Lipinski definition) is 4. The predicted molar refractivity (Wildman–Crippen MR) is 266 cm³/mol. The Bertz CT molecular complexity index is 2250. The fourth-order valence-corrected chi connectivity index (χ4v) is 11.8. The Morgan fingerprint density at radius 3 is 2.15 bits per heavy atom. The molecule has 8 rings (SSSR count). The maximum atomic E-state index is 14.5. The molecule has 0 aromatic heterocycles. The van der Waals surface area contributed by atoms with Gasteiger partial charge >= 0.3 is 0 Å². The molecular weight excluding hydrogens is 839 g/mol. The van der Waals surface area contributed by atoms with Crippen LogP contribution in [-0.4, -0.2) is 122 Å². The molecular formula is C56H77N5O6. The summed E-state index contributed by atoms with van der Waals surface area (Å²) in [7, 11) is 9.94. The van der Waals surface area contributed by atoms with Gasteiger partial charge in [0.2, 0.25) is 5.91 Å². The second-order valence-corrected chi connectivity index (χ2v) is 21.1. The van der Waals surface area contributed by atoms with Crippen LogP contribution in [0.25, 0.3) is 11.1 Å². The molecule has 0 unspecified atom stereocenters. The number of para-hydroxylation sites is 1. The van der Waals surface area contributed by atoms with Crippen molar-refractivity contribution in [3.63, 3.8) is 0 Å². The number of nitrogens with zero attached hydrogens (tertiary/aromatic N) is 3. The third kappa shape index (κ3) is 12.0. The number of fused-ring (bicyclic) bond motifs is 2. The molecule has 0 radical (unpaired) electrons. The molecule has 1 saturated heterocycles. The van der Waals surface area contributed by atoms with Crippen molar-refractivity contribution < 1.29 is 29.4 Å². The fraction of sp³-hybridized carbons (Fsp3) is 0.536. The monoisotopic (exact) mass is 916 g/mol. The molecule has 4 aromatic rings. The molecule has 3 saturated carbocycles. The van der Waals surface area contributed by atoms with E-state index in [1.165, 1.54) is 12.0 Å². The van der Waals surface area contributed by atoms with Crippen molar-refractivity contribution in [3.8, 4) is 16.9 Å². The Morgan fingerprint density at radius 1 is 0.881 bits per heavy atom. The molecule has 2 bridgehead atoms. The van der Waals surface area contributed by atoms with Crippen LogP contribution in [0.2, 0.25) is 0 Å².